The van der Waals surface area contributed by atoms with Gasteiger partial charge in [0.25, 0.3) is 5.91 Å². The third-order valence-electron chi connectivity index (χ3n) is 4.16. The topological polar surface area (TPSA) is 116 Å². The minimum atomic E-state index is -1.77. The van der Waals surface area contributed by atoms with E-state index in [1.165, 1.54) is 28.5 Å². The number of hydrogen-bond donors (Lipinski definition) is 4. The average molecular weight is 441 g/mol. The fourth-order valence-corrected chi connectivity index (χ4v) is 3.41. The summed E-state index contributed by atoms with van der Waals surface area (Å²) >= 11 is 1.38. The molecule has 1 unspecified atom stereocenters. The third kappa shape index (κ3) is 14.9. The van der Waals surface area contributed by atoms with Crippen LogP contribution in [0.1, 0.15) is 60.3 Å². The van der Waals surface area contributed by atoms with E-state index in [2.05, 4.69) is 44.3 Å². The van der Waals surface area contributed by atoms with Gasteiger partial charge in [-0.1, -0.05) is 34.9 Å². The Balaban J connectivity index is 4.31. The summed E-state index contributed by atoms with van der Waals surface area (Å²) in [6.45, 7) is 9.56. The zero-order chi connectivity index (χ0) is 23.1. The fourth-order valence-electron chi connectivity index (χ4n) is 2.41. The standard InChI is InChI=1S/C22H36N2O5S/c1-15(2)8-6-9-16(3)10-7-11-17(4)12-13-30-14-19(22(28)29)24-21(27)20(26)23-18(5)25/h8,10,12,19-20,26H,6-7,9,11,13-14H2,1-5H3,(H,23,25)(H,24,27)(H,28,29)/b16-10+,17-12+/t19-,20?/m0/s1. The van der Waals surface area contributed by atoms with E-state index >= 15 is 0 Å². The van der Waals surface area contributed by atoms with Crippen molar-refractivity contribution in [1.82, 2.24) is 10.6 Å². The minimum absolute atomic E-state index is 0.154. The van der Waals surface area contributed by atoms with Gasteiger partial charge < -0.3 is 20.8 Å². The van der Waals surface area contributed by atoms with Crippen LogP contribution in [0.3, 0.4) is 0 Å². The first-order chi connectivity index (χ1) is 14.0. The maximum atomic E-state index is 11.7. The molecular weight excluding hydrogens is 404 g/mol. The fraction of sp³-hybridized carbons (Fsp3) is 0.591. The molecule has 0 aliphatic rings. The van der Waals surface area contributed by atoms with Gasteiger partial charge in [-0.15, -0.1) is 0 Å². The lowest BCUT2D eigenvalue weighted by molar-refractivity contribution is -0.143. The van der Waals surface area contributed by atoms with Crippen LogP contribution in [-0.2, 0) is 14.4 Å². The van der Waals surface area contributed by atoms with Gasteiger partial charge in [-0.3, -0.25) is 9.59 Å². The van der Waals surface area contributed by atoms with Gasteiger partial charge in [-0.05, 0) is 53.4 Å². The number of carboxylic acids is 1. The van der Waals surface area contributed by atoms with Gasteiger partial charge in [0.05, 0.1) is 0 Å². The Hall–Kier alpha value is -2.06. The van der Waals surface area contributed by atoms with Crippen molar-refractivity contribution in [2.45, 2.75) is 72.6 Å². The summed E-state index contributed by atoms with van der Waals surface area (Å²) in [5.41, 5.74) is 3.96. The molecule has 8 heteroatoms. The van der Waals surface area contributed by atoms with Crippen molar-refractivity contribution >= 4 is 29.5 Å². The van der Waals surface area contributed by atoms with Crippen molar-refractivity contribution in [3.8, 4) is 0 Å². The first kappa shape index (κ1) is 27.9. The number of thioether (sulfide) groups is 1. The van der Waals surface area contributed by atoms with Crippen LogP contribution < -0.4 is 10.6 Å². The van der Waals surface area contributed by atoms with Gasteiger partial charge >= 0.3 is 5.97 Å². The van der Waals surface area contributed by atoms with Crippen LogP contribution in [0, 0.1) is 0 Å². The Kier molecular flexibility index (Phi) is 14.7. The number of nitrogens with one attached hydrogen (secondary N) is 2. The van der Waals surface area contributed by atoms with Crippen LogP contribution in [0.15, 0.2) is 34.9 Å². The molecule has 0 heterocycles. The highest BCUT2D eigenvalue weighted by molar-refractivity contribution is 7.99. The average Bonchev–Trinajstić information content (AvgIpc) is 2.62. The highest BCUT2D eigenvalue weighted by Gasteiger charge is 2.24. The lowest BCUT2D eigenvalue weighted by atomic mass is 10.1. The van der Waals surface area contributed by atoms with Crippen molar-refractivity contribution in [3.05, 3.63) is 34.9 Å². The molecule has 0 aliphatic carbocycles. The molecule has 0 aromatic heterocycles. The molecule has 0 aromatic carbocycles. The van der Waals surface area contributed by atoms with Crippen molar-refractivity contribution in [1.29, 1.82) is 0 Å². The number of allylic oxidation sites excluding steroid dienone is 5. The van der Waals surface area contributed by atoms with Crippen LogP contribution in [0.4, 0.5) is 0 Å². The zero-order valence-electron chi connectivity index (χ0n) is 18.7. The molecule has 0 spiro atoms. The number of aliphatic hydroxyl groups excluding tert-OH is 1. The van der Waals surface area contributed by atoms with E-state index in [-0.39, 0.29) is 5.75 Å². The van der Waals surface area contributed by atoms with Crippen LogP contribution in [0.2, 0.25) is 0 Å². The van der Waals surface area contributed by atoms with E-state index < -0.39 is 30.1 Å². The van der Waals surface area contributed by atoms with Crippen molar-refractivity contribution in [3.63, 3.8) is 0 Å². The molecule has 0 saturated heterocycles. The predicted octanol–water partition coefficient (Wildman–Crippen LogP) is 3.16. The molecule has 0 fully saturated rings. The van der Waals surface area contributed by atoms with E-state index in [1.807, 2.05) is 12.2 Å². The Morgan fingerprint density at radius 1 is 0.900 bits per heavy atom. The molecule has 0 aromatic rings. The smallest absolute Gasteiger partial charge is 0.327 e. The van der Waals surface area contributed by atoms with Crippen molar-refractivity contribution in [2.24, 2.45) is 0 Å². The SMILES string of the molecule is CC(=O)NC(O)C(=O)N[C@@H](CSC/C=C(\C)CC/C=C(\C)CCC=C(C)C)C(=O)O. The number of carbonyl (C=O) groups excluding carboxylic acids is 2. The van der Waals surface area contributed by atoms with Gasteiger partial charge in [0.1, 0.15) is 6.04 Å². The lowest BCUT2D eigenvalue weighted by Crippen LogP contribution is -2.52. The summed E-state index contributed by atoms with van der Waals surface area (Å²) < 4.78 is 0. The molecule has 2 atom stereocenters. The molecule has 30 heavy (non-hydrogen) atoms. The van der Waals surface area contributed by atoms with Crippen LogP contribution in [-0.4, -0.2) is 51.8 Å². The molecule has 170 valence electrons. The molecule has 0 bridgehead atoms. The summed E-state index contributed by atoms with van der Waals surface area (Å²) in [6, 6.07) is -1.15. The van der Waals surface area contributed by atoms with E-state index in [0.717, 1.165) is 32.6 Å². The van der Waals surface area contributed by atoms with Crippen LogP contribution >= 0.6 is 11.8 Å². The van der Waals surface area contributed by atoms with Crippen LogP contribution in [0.5, 0.6) is 0 Å². The summed E-state index contributed by atoms with van der Waals surface area (Å²) in [5, 5.41) is 23.0. The second kappa shape index (κ2) is 15.7. The number of carbonyl (C=O) groups is 3. The molecule has 0 aliphatic heterocycles. The Morgan fingerprint density at radius 2 is 1.47 bits per heavy atom. The second-order valence-corrected chi connectivity index (χ2v) is 8.57. The number of rotatable bonds is 14. The number of carboxylic acid groups (broad SMARTS) is 1. The van der Waals surface area contributed by atoms with Gasteiger partial charge in [0.2, 0.25) is 12.1 Å². The Morgan fingerprint density at radius 3 is 2.00 bits per heavy atom. The van der Waals surface area contributed by atoms with Gasteiger partial charge in [0, 0.05) is 18.4 Å². The third-order valence-corrected chi connectivity index (χ3v) is 5.13. The molecule has 7 nitrogen and oxygen atoms in total. The predicted molar refractivity (Wildman–Crippen MR) is 122 cm³/mol. The molecule has 0 rings (SSSR count). The Bertz CT molecular complexity index is 666. The quantitative estimate of drug-likeness (QED) is 0.187. The van der Waals surface area contributed by atoms with Gasteiger partial charge in [0.15, 0.2) is 0 Å². The maximum absolute atomic E-state index is 11.7. The summed E-state index contributed by atoms with van der Waals surface area (Å²) in [6.07, 6.45) is 8.86. The second-order valence-electron chi connectivity index (χ2n) is 7.50. The lowest BCUT2D eigenvalue weighted by Gasteiger charge is -2.17. The Labute approximate surface area is 184 Å². The maximum Gasteiger partial charge on any atom is 0.327 e. The van der Waals surface area contributed by atoms with Gasteiger partial charge in [-0.2, -0.15) is 11.8 Å². The highest BCUT2D eigenvalue weighted by atomic mass is 32.2. The molecule has 2 amide bonds. The molecule has 0 saturated carbocycles. The first-order valence-corrected chi connectivity index (χ1v) is 11.2. The largest absolute Gasteiger partial charge is 0.480 e. The van der Waals surface area contributed by atoms with Crippen molar-refractivity contribution in [2.75, 3.05) is 11.5 Å². The number of aliphatic hydroxyl groups is 1. The summed E-state index contributed by atoms with van der Waals surface area (Å²) in [7, 11) is 0. The minimum Gasteiger partial charge on any atom is -0.480 e. The number of hydrogen-bond acceptors (Lipinski definition) is 5. The normalized spacial score (nSPS) is 13.9. The summed E-state index contributed by atoms with van der Waals surface area (Å²) in [4.78, 5) is 33.9. The molecule has 0 radical (unpaired) electrons. The molecular formula is C22H36N2O5S. The van der Waals surface area contributed by atoms with Crippen molar-refractivity contribution < 1.29 is 24.6 Å². The molecule has 4 N–H and O–H groups in total. The van der Waals surface area contributed by atoms with Crippen LogP contribution in [0.25, 0.3) is 0 Å². The number of amides is 2. The van der Waals surface area contributed by atoms with E-state index in [4.69, 9.17) is 0 Å². The first-order valence-electron chi connectivity index (χ1n) is 10.0. The summed E-state index contributed by atoms with van der Waals surface area (Å²) in [5.74, 6) is -1.95. The van der Waals surface area contributed by atoms with E-state index in [0.29, 0.717) is 5.75 Å². The zero-order valence-corrected chi connectivity index (χ0v) is 19.5. The number of aliphatic carboxylic acids is 1. The highest BCUT2D eigenvalue weighted by Crippen LogP contribution is 2.13. The van der Waals surface area contributed by atoms with E-state index in [1.54, 1.807) is 0 Å². The monoisotopic (exact) mass is 440 g/mol. The van der Waals surface area contributed by atoms with Gasteiger partial charge in [-0.25, -0.2) is 4.79 Å². The van der Waals surface area contributed by atoms with E-state index in [9.17, 15) is 24.6 Å².